The Morgan fingerprint density at radius 1 is 0.321 bits per heavy atom. The molecule has 0 aliphatic carbocycles. The molecule has 10 N–H and O–H groups in total. The average molecular weight is 1810 g/mol. The van der Waals surface area contributed by atoms with Crippen molar-refractivity contribution >= 4 is 80.8 Å². The number of amides is 4. The number of ketones is 4. The Labute approximate surface area is 778 Å². The molecule has 25 heteroatoms. The molecule has 17 rings (SSSR count). The number of pyridine rings is 4. The lowest BCUT2D eigenvalue weighted by Crippen LogP contribution is -2.23. The van der Waals surface area contributed by atoms with E-state index >= 15 is 0 Å². The van der Waals surface area contributed by atoms with Crippen LogP contribution in [0.2, 0.25) is 0 Å². The van der Waals surface area contributed by atoms with Crippen LogP contribution in [0.3, 0.4) is 0 Å². The number of benzene rings is 8. The standard InChI is InChI=1S/4C24H20N2O2.C5H10O3.C3H4O2.2C2H6O.CH4O.H2O/c4*1-16-21(26-14-8-7-13-20(26)22(16)23(27)24(25)28)15-18-11-5-6-12-19(18)17-9-3-2-4-10-17;1-7-4-3-5(6)8-2;4-3-1-2-5-3;2*1-3-2;1-2;/h4*2-14H,15H2,1H3,(H2,25,28);3-4H2,1-2H3;1-2H2;2*1-2H3;2H,1H3;1H2/p-1. The zero-order valence-corrected chi connectivity index (χ0v) is 76.8. The van der Waals surface area contributed by atoms with Gasteiger partial charge in [0.15, 0.2) is 0 Å². The molecule has 4 amide bonds. The number of carbonyl (C=O) groups is 10. The fourth-order valence-corrected chi connectivity index (χ4v) is 15.6. The van der Waals surface area contributed by atoms with E-state index in [9.17, 15) is 47.9 Å². The van der Waals surface area contributed by atoms with Crippen LogP contribution in [0.25, 0.3) is 66.6 Å². The summed E-state index contributed by atoms with van der Waals surface area (Å²) >= 11 is 0. The Morgan fingerprint density at radius 2 is 0.515 bits per heavy atom. The molecule has 0 saturated carbocycles. The fraction of sp³-hybridized carbons (Fsp3) is 0.174. The quantitative estimate of drug-likeness (QED) is 0.0226. The first-order valence-corrected chi connectivity index (χ1v) is 42.5. The lowest BCUT2D eigenvalue weighted by Gasteiger charge is -2.11. The summed E-state index contributed by atoms with van der Waals surface area (Å²) in [7, 11) is 10.4. The second-order valence-corrected chi connectivity index (χ2v) is 30.3. The summed E-state index contributed by atoms with van der Waals surface area (Å²) in [5, 5.41) is 7.00. The number of primary amides is 4. The monoisotopic (exact) mass is 1800 g/mol. The predicted octanol–water partition coefficient (Wildman–Crippen LogP) is 16.8. The molecule has 0 radical (unpaired) electrons. The SMILES string of the molecule is CO.COC.COC.COCCC(=O)OC.Cc1c(C(=O)C(N)=O)c2ccccn2c1Cc1ccccc1-c1ccccc1.Cc1c(C(=O)C(N)=O)c2ccccn2c1Cc1ccccc1-c1ccccc1.Cc1c(C(=O)C(N)=O)c2ccccn2c1Cc1ccccc1-c1ccccc1.Cc1c(C(=O)C(N)=O)c2ccccn2c1Cc1ccccc1-c1ccccc1.O=C1CCO1.[OH-]. The maximum Gasteiger partial charge on any atom is 0.309 e. The molecule has 8 aromatic heterocycles. The summed E-state index contributed by atoms with van der Waals surface area (Å²) in [6, 6.07) is 96.3. The predicted molar refractivity (Wildman–Crippen MR) is 521 cm³/mol. The molecule has 1 aliphatic heterocycles. The van der Waals surface area contributed by atoms with Crippen molar-refractivity contribution in [2.75, 3.05) is 63.0 Å². The zero-order chi connectivity index (χ0) is 96.2. The number of Topliss-reactive ketones (excluding diaryl/α,β-unsaturated/α-hetero) is 4. The highest BCUT2D eigenvalue weighted by atomic mass is 16.6. The van der Waals surface area contributed by atoms with E-state index in [4.69, 9.17) is 28.0 Å². The number of fused-ring (bicyclic) bond motifs is 4. The molecule has 9 heterocycles. The molecule has 0 spiro atoms. The maximum absolute atomic E-state index is 12.4. The van der Waals surface area contributed by atoms with Crippen molar-refractivity contribution in [1.82, 2.24) is 17.6 Å². The number of methoxy groups -OCH3 is 4. The minimum absolute atomic E-state index is 0. The highest BCUT2D eigenvalue weighted by Gasteiger charge is 2.29. The van der Waals surface area contributed by atoms with Crippen molar-refractivity contribution in [3.05, 3.63) is 406 Å². The van der Waals surface area contributed by atoms with Gasteiger partial charge in [0.1, 0.15) is 6.61 Å². The fourth-order valence-electron chi connectivity index (χ4n) is 15.6. The summed E-state index contributed by atoms with van der Waals surface area (Å²) in [5.74, 6) is -6.63. The first-order valence-electron chi connectivity index (χ1n) is 42.5. The van der Waals surface area contributed by atoms with Gasteiger partial charge in [-0.15, -0.1) is 0 Å². The third kappa shape index (κ3) is 25.8. The summed E-state index contributed by atoms with van der Waals surface area (Å²) in [6.45, 7) is 8.59. The molecule has 0 unspecified atom stereocenters. The number of cyclic esters (lactones) is 1. The number of rotatable bonds is 23. The van der Waals surface area contributed by atoms with Crippen LogP contribution < -0.4 is 22.9 Å². The van der Waals surface area contributed by atoms with E-state index in [0.717, 1.165) is 119 Å². The molecule has 8 aromatic carbocycles. The number of aromatic nitrogens is 4. The summed E-state index contributed by atoms with van der Waals surface area (Å²) < 4.78 is 29.7. The van der Waals surface area contributed by atoms with Gasteiger partial charge in [-0.25, -0.2) is 0 Å². The van der Waals surface area contributed by atoms with Gasteiger partial charge in [-0.3, -0.25) is 47.9 Å². The third-order valence-corrected chi connectivity index (χ3v) is 21.8. The van der Waals surface area contributed by atoms with Crippen molar-refractivity contribution < 1.29 is 82.2 Å². The Hall–Kier alpha value is -15.9. The van der Waals surface area contributed by atoms with Gasteiger partial charge in [0.05, 0.1) is 70.9 Å². The average Bonchev–Trinajstić information content (AvgIpc) is 1.63. The highest BCUT2D eigenvalue weighted by Crippen LogP contribution is 2.36. The third-order valence-electron chi connectivity index (χ3n) is 21.8. The minimum Gasteiger partial charge on any atom is -0.870 e. The van der Waals surface area contributed by atoms with Gasteiger partial charge < -0.3 is 74.8 Å². The first kappa shape index (κ1) is 103. The van der Waals surface area contributed by atoms with E-state index in [1.807, 2.05) is 264 Å². The van der Waals surface area contributed by atoms with Crippen LogP contribution in [0, 0.1) is 27.7 Å². The number of esters is 2. The van der Waals surface area contributed by atoms with Crippen molar-refractivity contribution in [2.45, 2.75) is 66.2 Å². The van der Waals surface area contributed by atoms with Gasteiger partial charge >= 0.3 is 11.9 Å². The number of ether oxygens (including phenoxy) is 5. The van der Waals surface area contributed by atoms with E-state index in [-0.39, 0.29) is 17.4 Å². The van der Waals surface area contributed by atoms with E-state index in [0.29, 0.717) is 96.1 Å². The highest BCUT2D eigenvalue weighted by molar-refractivity contribution is 6.46. The van der Waals surface area contributed by atoms with Crippen molar-refractivity contribution in [3.8, 4) is 44.5 Å². The molecule has 690 valence electrons. The molecule has 0 atom stereocenters. The number of nitrogens with zero attached hydrogens (tertiary/aromatic N) is 4. The lowest BCUT2D eigenvalue weighted by molar-refractivity contribution is -0.157. The Balaban J connectivity index is 0.000000204. The van der Waals surface area contributed by atoms with E-state index in [1.165, 1.54) is 7.11 Å². The number of hydrogen-bond acceptors (Lipinski definition) is 17. The topological polar surface area (TPSA) is 389 Å². The summed E-state index contributed by atoms with van der Waals surface area (Å²) in [5.41, 5.74) is 46.4. The number of aliphatic hydroxyl groups excluding tert-OH is 1. The van der Waals surface area contributed by atoms with Gasteiger partial charge in [-0.05, 0) is 165 Å². The maximum atomic E-state index is 12.4. The second-order valence-electron chi connectivity index (χ2n) is 30.3. The van der Waals surface area contributed by atoms with Gasteiger partial charge in [0, 0.05) is 116 Å². The lowest BCUT2D eigenvalue weighted by atomic mass is 9.95. The number of carbonyl (C=O) groups excluding carboxylic acids is 10. The van der Waals surface area contributed by atoms with E-state index in [1.54, 1.807) is 35.5 Å². The van der Waals surface area contributed by atoms with Crippen LogP contribution >= 0.6 is 0 Å². The summed E-state index contributed by atoms with van der Waals surface area (Å²) in [4.78, 5) is 116. The van der Waals surface area contributed by atoms with Crippen LogP contribution in [-0.2, 0) is 78.1 Å². The Morgan fingerprint density at radius 3 is 0.694 bits per heavy atom. The Kier molecular flexibility index (Phi) is 39.8. The van der Waals surface area contributed by atoms with Crippen molar-refractivity contribution in [1.29, 1.82) is 0 Å². The second kappa shape index (κ2) is 51.5. The minimum atomic E-state index is -0.935. The molecular weight excluding hydrogens is 1690 g/mol. The molecule has 1 aliphatic rings. The van der Waals surface area contributed by atoms with Crippen molar-refractivity contribution in [3.63, 3.8) is 0 Å². The van der Waals surface area contributed by atoms with Crippen molar-refractivity contribution in [2.24, 2.45) is 22.9 Å². The molecule has 1 saturated heterocycles. The normalized spacial score (nSPS) is 10.7. The van der Waals surface area contributed by atoms with E-state index < -0.39 is 46.8 Å². The molecular formula is C109H111N8O17-. The number of aliphatic hydroxyl groups is 1. The Bertz CT molecular complexity index is 5960. The molecule has 16 aromatic rings. The summed E-state index contributed by atoms with van der Waals surface area (Å²) in [6.07, 6.45) is 11.2. The van der Waals surface area contributed by atoms with Crippen LogP contribution in [0.5, 0.6) is 0 Å². The zero-order valence-electron chi connectivity index (χ0n) is 76.8. The van der Waals surface area contributed by atoms with Gasteiger partial charge in [0.2, 0.25) is 0 Å². The van der Waals surface area contributed by atoms with Crippen LogP contribution in [0.15, 0.2) is 316 Å². The van der Waals surface area contributed by atoms with Gasteiger partial charge in [-0.2, -0.15) is 0 Å². The smallest absolute Gasteiger partial charge is 0.309 e. The van der Waals surface area contributed by atoms with E-state index in [2.05, 4.69) is 121 Å². The molecule has 1 fully saturated rings. The number of hydrogen-bond donors (Lipinski definition) is 5. The van der Waals surface area contributed by atoms with Gasteiger partial charge in [0.25, 0.3) is 46.8 Å². The van der Waals surface area contributed by atoms with Crippen LogP contribution in [0.4, 0.5) is 0 Å². The molecule has 0 bridgehead atoms. The first-order chi connectivity index (χ1) is 64.3. The van der Waals surface area contributed by atoms with Gasteiger partial charge in [-0.1, -0.05) is 243 Å². The molecule has 134 heavy (non-hydrogen) atoms. The molecule has 25 nitrogen and oxygen atoms in total. The van der Waals surface area contributed by atoms with Crippen LogP contribution in [-0.4, -0.2) is 150 Å². The largest absolute Gasteiger partial charge is 0.870 e. The van der Waals surface area contributed by atoms with Crippen LogP contribution in [0.1, 0.15) is 122 Å². The number of nitrogens with two attached hydrogens (primary N) is 4.